The van der Waals surface area contributed by atoms with Gasteiger partial charge < -0.3 is 14.1 Å². The van der Waals surface area contributed by atoms with Crippen LogP contribution in [0, 0.1) is 20.8 Å². The van der Waals surface area contributed by atoms with Gasteiger partial charge >= 0.3 is 5.63 Å². The maximum Gasteiger partial charge on any atom is 0.339 e. The molecule has 8 nitrogen and oxygen atoms in total. The molecule has 1 aliphatic heterocycles. The summed E-state index contributed by atoms with van der Waals surface area (Å²) < 4.78 is 12.1. The summed E-state index contributed by atoms with van der Waals surface area (Å²) in [6.45, 7) is 6.23. The van der Waals surface area contributed by atoms with E-state index in [-0.39, 0.29) is 24.1 Å². The Morgan fingerprint density at radius 1 is 1.22 bits per heavy atom. The van der Waals surface area contributed by atoms with Crippen molar-refractivity contribution in [1.29, 1.82) is 0 Å². The molecule has 0 atom stereocenters. The van der Waals surface area contributed by atoms with E-state index < -0.39 is 5.63 Å². The van der Waals surface area contributed by atoms with Gasteiger partial charge in [0, 0.05) is 43.3 Å². The topological polar surface area (TPSA) is 94.6 Å². The number of carbonyl (C=O) groups is 1. The van der Waals surface area contributed by atoms with Crippen LogP contribution in [-0.2, 0) is 11.3 Å². The number of amides is 1. The molecule has 0 aromatic carbocycles. The first-order valence-electron chi connectivity index (χ1n) is 8.92. The lowest BCUT2D eigenvalue weighted by Crippen LogP contribution is -2.44. The molecule has 0 aliphatic carbocycles. The summed E-state index contributed by atoms with van der Waals surface area (Å²) in [6.07, 6.45) is 2.67. The highest BCUT2D eigenvalue weighted by molar-refractivity contribution is 5.76. The van der Waals surface area contributed by atoms with E-state index in [2.05, 4.69) is 4.98 Å². The number of aryl methyl sites for hydroxylation is 2. The Kier molecular flexibility index (Phi) is 5.43. The molecule has 1 amide bonds. The largest absolute Gasteiger partial charge is 0.490 e. The molecule has 3 rings (SSSR count). The van der Waals surface area contributed by atoms with Crippen molar-refractivity contribution in [3.8, 4) is 5.75 Å². The van der Waals surface area contributed by atoms with E-state index in [0.29, 0.717) is 48.7 Å². The van der Waals surface area contributed by atoms with E-state index in [1.807, 2.05) is 0 Å². The predicted octanol–water partition coefficient (Wildman–Crippen LogP) is 1.19. The standard InChI is InChI=1S/C19H23N3O5/c1-12-8-16(9-18(24)26-12)27-15-4-6-21(7-5-15)17(23)10-22-11-20-14(3)13(2)19(22)25/h8-9,11,15H,4-7,10H2,1-3H3. The Labute approximate surface area is 156 Å². The maximum absolute atomic E-state index is 12.5. The van der Waals surface area contributed by atoms with E-state index in [4.69, 9.17) is 9.15 Å². The summed E-state index contributed by atoms with van der Waals surface area (Å²) in [6, 6.07) is 3.00. The lowest BCUT2D eigenvalue weighted by atomic mass is 10.1. The first kappa shape index (κ1) is 18.9. The lowest BCUT2D eigenvalue weighted by molar-refractivity contribution is -0.133. The first-order chi connectivity index (χ1) is 12.8. The van der Waals surface area contributed by atoms with Gasteiger partial charge in [-0.25, -0.2) is 9.78 Å². The molecular weight excluding hydrogens is 350 g/mol. The zero-order valence-electron chi connectivity index (χ0n) is 15.7. The second kappa shape index (κ2) is 7.77. The Bertz CT molecular complexity index is 955. The second-order valence-electron chi connectivity index (χ2n) is 6.81. The minimum absolute atomic E-state index is 0.0165. The van der Waals surface area contributed by atoms with Gasteiger partial charge in [0.2, 0.25) is 5.91 Å². The summed E-state index contributed by atoms with van der Waals surface area (Å²) >= 11 is 0. The third-order valence-electron chi connectivity index (χ3n) is 4.79. The molecule has 1 fully saturated rings. The Morgan fingerprint density at radius 3 is 2.59 bits per heavy atom. The molecule has 0 bridgehead atoms. The number of likely N-dealkylation sites (tertiary alicyclic amines) is 1. The molecule has 8 heteroatoms. The fourth-order valence-corrected chi connectivity index (χ4v) is 3.09. The van der Waals surface area contributed by atoms with Gasteiger partial charge in [-0.1, -0.05) is 0 Å². The first-order valence-corrected chi connectivity index (χ1v) is 8.92. The van der Waals surface area contributed by atoms with Gasteiger partial charge in [-0.2, -0.15) is 0 Å². The molecule has 3 heterocycles. The van der Waals surface area contributed by atoms with Crippen LogP contribution in [0.5, 0.6) is 5.75 Å². The van der Waals surface area contributed by atoms with Gasteiger partial charge in [-0.15, -0.1) is 0 Å². The molecule has 2 aromatic rings. The molecule has 27 heavy (non-hydrogen) atoms. The highest BCUT2D eigenvalue weighted by Gasteiger charge is 2.24. The van der Waals surface area contributed by atoms with Gasteiger partial charge in [-0.3, -0.25) is 14.2 Å². The van der Waals surface area contributed by atoms with Crippen LogP contribution >= 0.6 is 0 Å². The van der Waals surface area contributed by atoms with Crippen LogP contribution in [0.1, 0.15) is 29.9 Å². The third kappa shape index (κ3) is 4.45. The Morgan fingerprint density at radius 2 is 1.93 bits per heavy atom. The molecule has 1 aliphatic rings. The number of carbonyl (C=O) groups excluding carboxylic acids is 1. The highest BCUT2D eigenvalue weighted by Crippen LogP contribution is 2.19. The summed E-state index contributed by atoms with van der Waals surface area (Å²) in [5.74, 6) is 0.871. The van der Waals surface area contributed by atoms with Crippen molar-refractivity contribution in [2.45, 2.75) is 46.3 Å². The van der Waals surface area contributed by atoms with E-state index >= 15 is 0 Å². The van der Waals surface area contributed by atoms with Crippen molar-refractivity contribution in [3.63, 3.8) is 0 Å². The number of piperidine rings is 1. The summed E-state index contributed by atoms with van der Waals surface area (Å²) in [5.41, 5.74) is 0.601. The zero-order valence-corrected chi connectivity index (χ0v) is 15.7. The molecule has 0 radical (unpaired) electrons. The maximum atomic E-state index is 12.5. The molecule has 144 valence electrons. The molecule has 0 N–H and O–H groups in total. The van der Waals surface area contributed by atoms with Crippen molar-refractivity contribution in [1.82, 2.24) is 14.5 Å². The molecule has 2 aromatic heterocycles. The minimum atomic E-state index is -0.440. The van der Waals surface area contributed by atoms with Crippen molar-refractivity contribution in [2.75, 3.05) is 13.1 Å². The van der Waals surface area contributed by atoms with Gasteiger partial charge in [0.25, 0.3) is 5.56 Å². The number of rotatable bonds is 4. The van der Waals surface area contributed by atoms with Gasteiger partial charge in [0.05, 0.1) is 12.4 Å². The van der Waals surface area contributed by atoms with Crippen LogP contribution in [0.25, 0.3) is 0 Å². The van der Waals surface area contributed by atoms with Crippen LogP contribution < -0.4 is 15.9 Å². The van der Waals surface area contributed by atoms with Crippen LogP contribution in [0.2, 0.25) is 0 Å². The summed E-state index contributed by atoms with van der Waals surface area (Å²) in [7, 11) is 0. The Balaban J connectivity index is 1.57. The monoisotopic (exact) mass is 373 g/mol. The molecule has 0 spiro atoms. The molecule has 0 unspecified atom stereocenters. The summed E-state index contributed by atoms with van der Waals surface area (Å²) in [5, 5.41) is 0. The van der Waals surface area contributed by atoms with Crippen LogP contribution in [0.4, 0.5) is 0 Å². The Hall–Kier alpha value is -2.90. The quantitative estimate of drug-likeness (QED) is 0.799. The fourth-order valence-electron chi connectivity index (χ4n) is 3.09. The van der Waals surface area contributed by atoms with Crippen molar-refractivity contribution < 1.29 is 13.9 Å². The highest BCUT2D eigenvalue weighted by atomic mass is 16.5. The van der Waals surface area contributed by atoms with Gasteiger partial charge in [0.15, 0.2) is 0 Å². The predicted molar refractivity (Wildman–Crippen MR) is 97.9 cm³/mol. The average molecular weight is 373 g/mol. The van der Waals surface area contributed by atoms with Crippen LogP contribution in [-0.4, -0.2) is 39.6 Å². The number of aromatic nitrogens is 2. The van der Waals surface area contributed by atoms with E-state index in [1.165, 1.54) is 17.0 Å². The number of ether oxygens (including phenoxy) is 1. The van der Waals surface area contributed by atoms with Crippen molar-refractivity contribution in [2.24, 2.45) is 0 Å². The van der Waals surface area contributed by atoms with Gasteiger partial charge in [0.1, 0.15) is 24.2 Å². The number of nitrogens with zero attached hydrogens (tertiary/aromatic N) is 3. The van der Waals surface area contributed by atoms with Gasteiger partial charge in [-0.05, 0) is 20.8 Å². The average Bonchev–Trinajstić information content (AvgIpc) is 2.62. The van der Waals surface area contributed by atoms with E-state index in [1.54, 1.807) is 31.7 Å². The third-order valence-corrected chi connectivity index (χ3v) is 4.79. The smallest absolute Gasteiger partial charge is 0.339 e. The number of hydrogen-bond acceptors (Lipinski definition) is 6. The molecular formula is C19H23N3O5. The van der Waals surface area contributed by atoms with E-state index in [0.717, 1.165) is 0 Å². The van der Waals surface area contributed by atoms with Crippen LogP contribution in [0.3, 0.4) is 0 Å². The minimum Gasteiger partial charge on any atom is -0.490 e. The van der Waals surface area contributed by atoms with Crippen LogP contribution in [0.15, 0.2) is 32.5 Å². The van der Waals surface area contributed by atoms with Crippen molar-refractivity contribution >= 4 is 5.91 Å². The summed E-state index contributed by atoms with van der Waals surface area (Å²) in [4.78, 5) is 42.0. The lowest BCUT2D eigenvalue weighted by Gasteiger charge is -2.32. The molecule has 1 saturated heterocycles. The van der Waals surface area contributed by atoms with E-state index in [9.17, 15) is 14.4 Å². The SMILES string of the molecule is Cc1cc(OC2CCN(C(=O)Cn3cnc(C)c(C)c3=O)CC2)cc(=O)o1. The molecule has 0 saturated carbocycles. The normalized spacial score (nSPS) is 15.0. The number of hydrogen-bond donors (Lipinski definition) is 0. The van der Waals surface area contributed by atoms with Crippen molar-refractivity contribution in [3.05, 3.63) is 56.3 Å². The zero-order chi connectivity index (χ0) is 19.6. The second-order valence-corrected chi connectivity index (χ2v) is 6.81. The fraction of sp³-hybridized carbons (Fsp3) is 0.474.